The molecule has 0 heterocycles. The zero-order valence-electron chi connectivity index (χ0n) is 16.8. The van der Waals surface area contributed by atoms with Crippen molar-refractivity contribution in [2.45, 2.75) is 117 Å². The van der Waals surface area contributed by atoms with Gasteiger partial charge in [-0.15, -0.1) is 0 Å². The molecule has 0 nitrogen and oxygen atoms in total. The lowest BCUT2D eigenvalue weighted by Gasteiger charge is -2.42. The lowest BCUT2D eigenvalue weighted by molar-refractivity contribution is 0.0761. The van der Waals surface area contributed by atoms with Crippen LogP contribution in [-0.2, 0) is 0 Å². The van der Waals surface area contributed by atoms with E-state index in [0.29, 0.717) is 0 Å². The van der Waals surface area contributed by atoms with Gasteiger partial charge in [0.1, 0.15) is 0 Å². The van der Waals surface area contributed by atoms with Crippen molar-refractivity contribution in [3.05, 3.63) is 0 Å². The van der Waals surface area contributed by atoms with E-state index in [-0.39, 0.29) is 0 Å². The molecule has 140 valence electrons. The molecule has 3 aliphatic carbocycles. The average Bonchev–Trinajstić information content (AvgIpc) is 2.67. The van der Waals surface area contributed by atoms with Gasteiger partial charge in [-0.25, -0.2) is 0 Å². The van der Waals surface area contributed by atoms with E-state index >= 15 is 0 Å². The van der Waals surface area contributed by atoms with E-state index in [1.165, 1.54) is 57.8 Å². The highest BCUT2D eigenvalue weighted by Gasteiger charge is 2.35. The van der Waals surface area contributed by atoms with Gasteiger partial charge in [-0.05, 0) is 41.9 Å². The molecule has 0 saturated heterocycles. The lowest BCUT2D eigenvalue weighted by Crippen LogP contribution is -2.33. The summed E-state index contributed by atoms with van der Waals surface area (Å²) in [6.07, 6.45) is 24.5. The van der Waals surface area contributed by atoms with Gasteiger partial charge in [0.25, 0.3) is 0 Å². The van der Waals surface area contributed by atoms with E-state index in [4.69, 9.17) is 0 Å². The maximum atomic E-state index is 2.67. The van der Waals surface area contributed by atoms with Crippen molar-refractivity contribution in [2.75, 3.05) is 0 Å². The molecule has 0 radical (unpaired) electrons. The van der Waals surface area contributed by atoms with Crippen LogP contribution in [0.1, 0.15) is 117 Å². The molecule has 0 amide bonds. The van der Waals surface area contributed by atoms with E-state index in [0.717, 1.165) is 35.5 Å². The molecule has 0 spiro atoms. The van der Waals surface area contributed by atoms with E-state index < -0.39 is 0 Å². The van der Waals surface area contributed by atoms with Gasteiger partial charge < -0.3 is 0 Å². The van der Waals surface area contributed by atoms with Crippen molar-refractivity contribution in [3.8, 4) is 0 Å². The van der Waals surface area contributed by atoms with Crippen molar-refractivity contribution in [3.63, 3.8) is 0 Å². The molecule has 3 saturated carbocycles. The van der Waals surface area contributed by atoms with Crippen LogP contribution in [0.25, 0.3) is 0 Å². The normalized spacial score (nSPS) is 29.2. The number of rotatable bonds is 6. The summed E-state index contributed by atoms with van der Waals surface area (Å²) in [5, 5.41) is 0. The maximum Gasteiger partial charge on any atom is -0.0355 e. The Morgan fingerprint density at radius 1 is 0.542 bits per heavy atom. The lowest BCUT2D eigenvalue weighted by atomic mass is 9.63. The topological polar surface area (TPSA) is 0 Å². The average molecular weight is 333 g/mol. The second kappa shape index (κ2) is 9.63. The first kappa shape index (κ1) is 18.8. The molecule has 0 aromatic heterocycles. The van der Waals surface area contributed by atoms with Crippen LogP contribution in [0.5, 0.6) is 0 Å². The largest absolute Gasteiger partial charge is 0.0620 e. The number of hydrogen-bond acceptors (Lipinski definition) is 0. The fraction of sp³-hybridized carbons (Fsp3) is 1.00. The van der Waals surface area contributed by atoms with Crippen LogP contribution >= 0.6 is 0 Å². The summed E-state index contributed by atoms with van der Waals surface area (Å²) in [4.78, 5) is 0. The van der Waals surface area contributed by atoms with Crippen molar-refractivity contribution in [1.82, 2.24) is 0 Å². The Kier molecular flexibility index (Phi) is 7.54. The van der Waals surface area contributed by atoms with Crippen molar-refractivity contribution in [2.24, 2.45) is 35.5 Å². The SMILES string of the molecule is CC(C1CCCCC1)C(CC1CCCCC1)C(C)C1CCCCC1. The molecule has 24 heavy (non-hydrogen) atoms. The smallest absolute Gasteiger partial charge is 0.0355 e. The molecule has 3 fully saturated rings. The second-order valence-corrected chi connectivity index (χ2v) is 9.92. The quantitative estimate of drug-likeness (QED) is 0.462. The molecule has 2 unspecified atom stereocenters. The van der Waals surface area contributed by atoms with E-state index in [2.05, 4.69) is 13.8 Å². The molecule has 3 rings (SSSR count). The van der Waals surface area contributed by atoms with Crippen molar-refractivity contribution >= 4 is 0 Å². The minimum atomic E-state index is 0.990. The van der Waals surface area contributed by atoms with Crippen LogP contribution in [0.15, 0.2) is 0 Å². The summed E-state index contributed by atoms with van der Waals surface area (Å²) in [5.41, 5.74) is 0. The molecule has 0 N–H and O–H groups in total. The Hall–Kier alpha value is 0. The van der Waals surface area contributed by atoms with Crippen LogP contribution < -0.4 is 0 Å². The molecule has 0 heteroatoms. The Labute approximate surface area is 152 Å². The van der Waals surface area contributed by atoms with Crippen molar-refractivity contribution in [1.29, 1.82) is 0 Å². The van der Waals surface area contributed by atoms with Crippen LogP contribution in [-0.4, -0.2) is 0 Å². The third-order valence-corrected chi connectivity index (χ3v) is 8.47. The molecule has 2 atom stereocenters. The summed E-state index contributed by atoms with van der Waals surface area (Å²) in [6, 6.07) is 0. The maximum absolute atomic E-state index is 2.67. The zero-order valence-corrected chi connectivity index (χ0v) is 16.8. The molecule has 0 bridgehead atoms. The monoisotopic (exact) mass is 332 g/mol. The standard InChI is InChI=1S/C24H44/c1-19(22-14-8-4-9-15-22)24(18-21-12-6-3-7-13-21)20(2)23-16-10-5-11-17-23/h19-24H,3-18H2,1-2H3. The third kappa shape index (κ3) is 5.01. The zero-order chi connectivity index (χ0) is 16.8. The minimum absolute atomic E-state index is 0.990. The van der Waals surface area contributed by atoms with Gasteiger partial charge in [0.15, 0.2) is 0 Å². The van der Waals surface area contributed by atoms with E-state index in [1.54, 1.807) is 44.9 Å². The minimum Gasteiger partial charge on any atom is -0.0620 e. The molecule has 0 aromatic carbocycles. The first-order valence-electron chi connectivity index (χ1n) is 11.8. The van der Waals surface area contributed by atoms with Crippen LogP contribution in [0.4, 0.5) is 0 Å². The van der Waals surface area contributed by atoms with Gasteiger partial charge in [0, 0.05) is 0 Å². The molecular weight excluding hydrogens is 288 g/mol. The Morgan fingerprint density at radius 2 is 0.917 bits per heavy atom. The van der Waals surface area contributed by atoms with Crippen LogP contribution in [0.3, 0.4) is 0 Å². The van der Waals surface area contributed by atoms with E-state index in [9.17, 15) is 0 Å². The summed E-state index contributed by atoms with van der Waals surface area (Å²) in [5.74, 6) is 6.19. The summed E-state index contributed by atoms with van der Waals surface area (Å²) >= 11 is 0. The summed E-state index contributed by atoms with van der Waals surface area (Å²) < 4.78 is 0. The van der Waals surface area contributed by atoms with Gasteiger partial charge in [0.05, 0.1) is 0 Å². The van der Waals surface area contributed by atoms with Crippen LogP contribution in [0.2, 0.25) is 0 Å². The van der Waals surface area contributed by atoms with Gasteiger partial charge in [0.2, 0.25) is 0 Å². The summed E-state index contributed by atoms with van der Waals surface area (Å²) in [6.45, 7) is 5.34. The first-order valence-corrected chi connectivity index (χ1v) is 11.8. The Morgan fingerprint density at radius 3 is 1.33 bits per heavy atom. The first-order chi connectivity index (χ1) is 11.8. The van der Waals surface area contributed by atoms with Crippen LogP contribution in [0, 0.1) is 35.5 Å². The molecular formula is C24H44. The molecule has 0 aromatic rings. The van der Waals surface area contributed by atoms with E-state index in [1.807, 2.05) is 0 Å². The summed E-state index contributed by atoms with van der Waals surface area (Å²) in [7, 11) is 0. The fourth-order valence-corrected chi connectivity index (χ4v) is 6.73. The molecule has 0 aliphatic heterocycles. The highest BCUT2D eigenvalue weighted by molar-refractivity contribution is 4.86. The van der Waals surface area contributed by atoms with Gasteiger partial charge in [-0.3, -0.25) is 0 Å². The Balaban J connectivity index is 1.65. The predicted molar refractivity (Wildman–Crippen MR) is 106 cm³/mol. The predicted octanol–water partition coefficient (Wildman–Crippen LogP) is 8.01. The van der Waals surface area contributed by atoms with Crippen molar-refractivity contribution < 1.29 is 0 Å². The second-order valence-electron chi connectivity index (χ2n) is 9.92. The highest BCUT2D eigenvalue weighted by Crippen LogP contribution is 2.45. The highest BCUT2D eigenvalue weighted by atomic mass is 14.4. The van der Waals surface area contributed by atoms with Gasteiger partial charge >= 0.3 is 0 Å². The van der Waals surface area contributed by atoms with Gasteiger partial charge in [-0.1, -0.05) is 110 Å². The third-order valence-electron chi connectivity index (χ3n) is 8.47. The number of hydrogen-bond donors (Lipinski definition) is 0. The fourth-order valence-electron chi connectivity index (χ4n) is 6.73. The Bertz CT molecular complexity index is 304. The molecule has 3 aliphatic rings. The van der Waals surface area contributed by atoms with Gasteiger partial charge in [-0.2, -0.15) is 0 Å².